The lowest BCUT2D eigenvalue weighted by Crippen LogP contribution is -2.28. The number of benzene rings is 2. The van der Waals surface area contributed by atoms with E-state index in [9.17, 15) is 9.59 Å². The van der Waals surface area contributed by atoms with E-state index >= 15 is 0 Å². The Kier molecular flexibility index (Phi) is 5.96. The standard InChI is InChI=1S/C21H23N3O2S/c1-13-9-10-17(14(2)11-13)23-19(25)12-18-20(26)24-21(27-18)22-15(3)16-7-5-4-6-8-16/h4-11,15,18H,12H2,1-3H3,(H,23,25)(H,22,24,26)/t15-,18-/m1/s1. The summed E-state index contributed by atoms with van der Waals surface area (Å²) in [4.78, 5) is 29.1. The first-order valence-electron chi connectivity index (χ1n) is 8.90. The number of hydrogen-bond donors (Lipinski definition) is 2. The van der Waals surface area contributed by atoms with Crippen molar-refractivity contribution in [2.75, 3.05) is 5.32 Å². The highest BCUT2D eigenvalue weighted by Crippen LogP contribution is 2.26. The fraction of sp³-hybridized carbons (Fsp3) is 0.286. The number of carbonyl (C=O) groups is 2. The van der Waals surface area contributed by atoms with Crippen molar-refractivity contribution in [3.05, 3.63) is 65.2 Å². The molecule has 1 heterocycles. The van der Waals surface area contributed by atoms with Gasteiger partial charge in [-0.15, -0.1) is 0 Å². The number of thioether (sulfide) groups is 1. The molecule has 140 valence electrons. The van der Waals surface area contributed by atoms with Gasteiger partial charge in [0.1, 0.15) is 5.25 Å². The Morgan fingerprint density at radius 1 is 1.22 bits per heavy atom. The number of carbonyl (C=O) groups excluding carboxylic acids is 2. The van der Waals surface area contributed by atoms with Gasteiger partial charge in [-0.3, -0.25) is 14.6 Å². The van der Waals surface area contributed by atoms with Gasteiger partial charge in [-0.2, -0.15) is 0 Å². The van der Waals surface area contributed by atoms with Crippen molar-refractivity contribution < 1.29 is 9.59 Å². The predicted molar refractivity (Wildman–Crippen MR) is 111 cm³/mol. The summed E-state index contributed by atoms with van der Waals surface area (Å²) in [6, 6.07) is 15.7. The average molecular weight is 382 g/mol. The van der Waals surface area contributed by atoms with Crippen LogP contribution in [0, 0.1) is 13.8 Å². The molecule has 2 aromatic rings. The quantitative estimate of drug-likeness (QED) is 0.823. The third-order valence-corrected chi connectivity index (χ3v) is 5.49. The molecule has 0 bridgehead atoms. The SMILES string of the molecule is Cc1ccc(NC(=O)C[C@H]2SC(=N[C@H](C)c3ccccc3)NC2=O)c(C)c1. The molecule has 2 N–H and O–H groups in total. The molecule has 6 heteroatoms. The van der Waals surface area contributed by atoms with E-state index < -0.39 is 5.25 Å². The van der Waals surface area contributed by atoms with Crippen LogP contribution in [-0.2, 0) is 9.59 Å². The van der Waals surface area contributed by atoms with Gasteiger partial charge >= 0.3 is 0 Å². The zero-order valence-corrected chi connectivity index (χ0v) is 16.5. The van der Waals surface area contributed by atoms with Crippen molar-refractivity contribution in [2.24, 2.45) is 4.99 Å². The second-order valence-corrected chi connectivity index (χ2v) is 7.88. The lowest BCUT2D eigenvalue weighted by Gasteiger charge is -2.10. The van der Waals surface area contributed by atoms with E-state index in [0.717, 1.165) is 22.4 Å². The lowest BCUT2D eigenvalue weighted by molar-refractivity contribution is -0.122. The molecule has 2 amide bonds. The first-order chi connectivity index (χ1) is 12.9. The Labute approximate surface area is 163 Å². The van der Waals surface area contributed by atoms with Crippen LogP contribution in [0.1, 0.15) is 36.1 Å². The van der Waals surface area contributed by atoms with Crippen LogP contribution in [0.2, 0.25) is 0 Å². The molecule has 27 heavy (non-hydrogen) atoms. The number of aliphatic imine (C=N–C) groups is 1. The highest BCUT2D eigenvalue weighted by molar-refractivity contribution is 8.15. The average Bonchev–Trinajstić information content (AvgIpc) is 2.97. The number of hydrogen-bond acceptors (Lipinski definition) is 4. The molecule has 0 saturated carbocycles. The fourth-order valence-corrected chi connectivity index (χ4v) is 3.95. The van der Waals surface area contributed by atoms with Crippen molar-refractivity contribution >= 4 is 34.4 Å². The highest BCUT2D eigenvalue weighted by Gasteiger charge is 2.32. The number of rotatable bonds is 5. The van der Waals surface area contributed by atoms with Gasteiger partial charge in [-0.05, 0) is 38.0 Å². The Balaban J connectivity index is 1.60. The molecule has 0 spiro atoms. The van der Waals surface area contributed by atoms with Gasteiger partial charge in [0.05, 0.1) is 6.04 Å². The zero-order valence-electron chi connectivity index (χ0n) is 15.7. The van der Waals surface area contributed by atoms with Gasteiger partial charge in [0.25, 0.3) is 0 Å². The van der Waals surface area contributed by atoms with E-state index in [2.05, 4.69) is 15.6 Å². The maximum Gasteiger partial charge on any atom is 0.240 e. The van der Waals surface area contributed by atoms with E-state index in [1.165, 1.54) is 11.8 Å². The van der Waals surface area contributed by atoms with Crippen LogP contribution in [0.15, 0.2) is 53.5 Å². The van der Waals surface area contributed by atoms with Crippen LogP contribution >= 0.6 is 11.8 Å². The topological polar surface area (TPSA) is 70.6 Å². The number of anilines is 1. The van der Waals surface area contributed by atoms with Crippen molar-refractivity contribution in [2.45, 2.75) is 38.5 Å². The monoisotopic (exact) mass is 381 g/mol. The van der Waals surface area contributed by atoms with Crippen molar-refractivity contribution in [1.29, 1.82) is 0 Å². The summed E-state index contributed by atoms with van der Waals surface area (Å²) >= 11 is 1.32. The summed E-state index contributed by atoms with van der Waals surface area (Å²) in [5, 5.41) is 5.79. The molecule has 1 aliphatic rings. The van der Waals surface area contributed by atoms with Gasteiger partial charge in [0.15, 0.2) is 5.17 Å². The van der Waals surface area contributed by atoms with Gasteiger partial charge in [-0.25, -0.2) is 0 Å². The molecular weight excluding hydrogens is 358 g/mol. The Bertz CT molecular complexity index is 880. The molecule has 1 saturated heterocycles. The summed E-state index contributed by atoms with van der Waals surface area (Å²) in [7, 11) is 0. The van der Waals surface area contributed by atoms with Gasteiger partial charge in [-0.1, -0.05) is 59.8 Å². The summed E-state index contributed by atoms with van der Waals surface area (Å²) in [5.74, 6) is -0.346. The van der Waals surface area contributed by atoms with Crippen LogP contribution in [0.5, 0.6) is 0 Å². The molecule has 1 fully saturated rings. The van der Waals surface area contributed by atoms with Crippen molar-refractivity contribution in [1.82, 2.24) is 5.32 Å². The normalized spacial score (nSPS) is 19.0. The minimum atomic E-state index is -0.461. The summed E-state index contributed by atoms with van der Waals surface area (Å²) in [5.41, 5.74) is 4.01. The molecule has 0 aromatic heterocycles. The Hall–Kier alpha value is -2.60. The molecule has 5 nitrogen and oxygen atoms in total. The largest absolute Gasteiger partial charge is 0.326 e. The Morgan fingerprint density at radius 3 is 2.67 bits per heavy atom. The number of amides is 2. The number of aryl methyl sites for hydroxylation is 2. The van der Waals surface area contributed by atoms with Crippen LogP contribution in [0.25, 0.3) is 0 Å². The maximum atomic E-state index is 12.4. The smallest absolute Gasteiger partial charge is 0.240 e. The van der Waals surface area contributed by atoms with Crippen molar-refractivity contribution in [3.8, 4) is 0 Å². The second kappa shape index (κ2) is 8.39. The molecule has 0 aliphatic carbocycles. The molecule has 2 atom stereocenters. The van der Waals surface area contributed by atoms with Crippen molar-refractivity contribution in [3.63, 3.8) is 0 Å². The minimum absolute atomic E-state index is 0.0585. The van der Waals surface area contributed by atoms with E-state index in [0.29, 0.717) is 5.17 Å². The second-order valence-electron chi connectivity index (χ2n) is 6.69. The molecular formula is C21H23N3O2S. The summed E-state index contributed by atoms with van der Waals surface area (Å²) in [6.07, 6.45) is 0.114. The van der Waals surface area contributed by atoms with Crippen LogP contribution < -0.4 is 10.6 Å². The van der Waals surface area contributed by atoms with Crippen LogP contribution in [0.4, 0.5) is 5.69 Å². The van der Waals surface area contributed by atoms with E-state index in [-0.39, 0.29) is 24.3 Å². The third-order valence-electron chi connectivity index (χ3n) is 4.40. The van der Waals surface area contributed by atoms with E-state index in [1.807, 2.05) is 69.3 Å². The fourth-order valence-electron chi connectivity index (χ4n) is 2.91. The molecule has 1 aliphatic heterocycles. The third kappa shape index (κ3) is 4.98. The summed E-state index contributed by atoms with van der Waals surface area (Å²) in [6.45, 7) is 5.94. The van der Waals surface area contributed by atoms with Crippen LogP contribution in [-0.4, -0.2) is 22.2 Å². The highest BCUT2D eigenvalue weighted by atomic mass is 32.2. The number of amidine groups is 1. The Morgan fingerprint density at radius 2 is 1.96 bits per heavy atom. The number of nitrogens with one attached hydrogen (secondary N) is 2. The van der Waals surface area contributed by atoms with Gasteiger partial charge in [0.2, 0.25) is 11.8 Å². The molecule has 0 unspecified atom stereocenters. The van der Waals surface area contributed by atoms with Gasteiger partial charge in [0, 0.05) is 12.1 Å². The first-order valence-corrected chi connectivity index (χ1v) is 9.77. The molecule has 2 aromatic carbocycles. The first kappa shape index (κ1) is 19.2. The lowest BCUT2D eigenvalue weighted by atomic mass is 10.1. The van der Waals surface area contributed by atoms with E-state index in [4.69, 9.17) is 0 Å². The molecule has 3 rings (SSSR count). The van der Waals surface area contributed by atoms with Gasteiger partial charge < -0.3 is 10.6 Å². The minimum Gasteiger partial charge on any atom is -0.326 e. The maximum absolute atomic E-state index is 12.4. The number of nitrogens with zero attached hydrogens (tertiary/aromatic N) is 1. The van der Waals surface area contributed by atoms with Crippen LogP contribution in [0.3, 0.4) is 0 Å². The zero-order chi connectivity index (χ0) is 19.4. The van der Waals surface area contributed by atoms with E-state index in [1.54, 1.807) is 0 Å². The summed E-state index contributed by atoms with van der Waals surface area (Å²) < 4.78 is 0. The molecule has 0 radical (unpaired) electrons. The predicted octanol–water partition coefficient (Wildman–Crippen LogP) is 3.98.